The van der Waals surface area contributed by atoms with Gasteiger partial charge in [0.1, 0.15) is 5.41 Å². The molecule has 1 amide bonds. The third-order valence-electron chi connectivity index (χ3n) is 3.36. The standard InChI is InChI=1S/C13H17NO3S/c1-9(2)14(8-10-4-3-7-18-10)11(15)13(5-6-13)12(16)17/h3-4,7,9H,5-6,8H2,1-2H3,(H,16,17). The average Bonchev–Trinajstić information content (AvgIpc) is 2.97. The summed E-state index contributed by atoms with van der Waals surface area (Å²) < 4.78 is 0. The summed E-state index contributed by atoms with van der Waals surface area (Å²) >= 11 is 1.58. The van der Waals surface area contributed by atoms with Gasteiger partial charge in [-0.1, -0.05) is 6.07 Å². The zero-order chi connectivity index (χ0) is 13.3. The molecule has 5 heteroatoms. The largest absolute Gasteiger partial charge is 0.480 e. The predicted octanol–water partition coefficient (Wildman–Crippen LogP) is 2.35. The number of carbonyl (C=O) groups is 2. The minimum Gasteiger partial charge on any atom is -0.480 e. The zero-order valence-electron chi connectivity index (χ0n) is 10.5. The maximum Gasteiger partial charge on any atom is 0.319 e. The molecule has 0 spiro atoms. The highest BCUT2D eigenvalue weighted by molar-refractivity contribution is 7.09. The maximum absolute atomic E-state index is 12.4. The van der Waals surface area contributed by atoms with Gasteiger partial charge in [0.15, 0.2) is 0 Å². The second-order valence-corrected chi connectivity index (χ2v) is 6.03. The summed E-state index contributed by atoms with van der Waals surface area (Å²) in [4.78, 5) is 26.4. The first-order valence-corrected chi connectivity index (χ1v) is 6.92. The molecule has 98 valence electrons. The van der Waals surface area contributed by atoms with Crippen molar-refractivity contribution in [1.29, 1.82) is 0 Å². The van der Waals surface area contributed by atoms with Gasteiger partial charge in [-0.25, -0.2) is 0 Å². The molecule has 0 saturated heterocycles. The van der Waals surface area contributed by atoms with Gasteiger partial charge in [-0.3, -0.25) is 9.59 Å². The van der Waals surface area contributed by atoms with Crippen molar-refractivity contribution in [3.63, 3.8) is 0 Å². The number of amides is 1. The van der Waals surface area contributed by atoms with Crippen LogP contribution in [0.3, 0.4) is 0 Å². The Balaban J connectivity index is 2.16. The highest BCUT2D eigenvalue weighted by Crippen LogP contribution is 2.48. The topological polar surface area (TPSA) is 57.6 Å². The Hall–Kier alpha value is -1.36. The van der Waals surface area contributed by atoms with E-state index in [1.807, 2.05) is 31.4 Å². The van der Waals surface area contributed by atoms with Crippen LogP contribution >= 0.6 is 11.3 Å². The normalized spacial score (nSPS) is 16.6. The molecule has 18 heavy (non-hydrogen) atoms. The van der Waals surface area contributed by atoms with E-state index in [1.165, 1.54) is 0 Å². The van der Waals surface area contributed by atoms with Crippen molar-refractivity contribution in [1.82, 2.24) is 4.90 Å². The van der Waals surface area contributed by atoms with Crippen LogP contribution in [0, 0.1) is 5.41 Å². The molecule has 4 nitrogen and oxygen atoms in total. The first-order chi connectivity index (χ1) is 8.47. The molecule has 1 N–H and O–H groups in total. The molecule has 1 aromatic heterocycles. The molecular formula is C13H17NO3S. The van der Waals surface area contributed by atoms with Crippen LogP contribution in [-0.4, -0.2) is 27.9 Å². The average molecular weight is 267 g/mol. The Bertz CT molecular complexity index is 449. The Morgan fingerprint density at radius 2 is 2.17 bits per heavy atom. The Morgan fingerprint density at radius 3 is 2.56 bits per heavy atom. The molecule has 1 fully saturated rings. The molecule has 0 bridgehead atoms. The number of aliphatic carboxylic acids is 1. The fraction of sp³-hybridized carbons (Fsp3) is 0.538. The lowest BCUT2D eigenvalue weighted by Crippen LogP contribution is -2.44. The van der Waals surface area contributed by atoms with Gasteiger partial charge in [0, 0.05) is 10.9 Å². The molecule has 0 atom stereocenters. The highest BCUT2D eigenvalue weighted by Gasteiger charge is 2.58. The van der Waals surface area contributed by atoms with Gasteiger partial charge < -0.3 is 10.0 Å². The third-order valence-corrected chi connectivity index (χ3v) is 4.22. The fourth-order valence-electron chi connectivity index (χ4n) is 1.98. The second kappa shape index (κ2) is 4.72. The van der Waals surface area contributed by atoms with Crippen molar-refractivity contribution in [3.8, 4) is 0 Å². The van der Waals surface area contributed by atoms with Crippen LogP contribution in [0.25, 0.3) is 0 Å². The molecule has 1 aliphatic carbocycles. The summed E-state index contributed by atoms with van der Waals surface area (Å²) in [7, 11) is 0. The number of hydrogen-bond acceptors (Lipinski definition) is 3. The summed E-state index contributed by atoms with van der Waals surface area (Å²) in [5.41, 5.74) is -1.14. The van der Waals surface area contributed by atoms with Crippen LogP contribution in [0.1, 0.15) is 31.6 Å². The Labute approximate surface area is 110 Å². The summed E-state index contributed by atoms with van der Waals surface area (Å²) in [6, 6.07) is 3.91. The first kappa shape index (κ1) is 13.1. The molecule has 0 unspecified atom stereocenters. The van der Waals surface area contributed by atoms with E-state index in [9.17, 15) is 14.7 Å². The number of carboxylic acid groups (broad SMARTS) is 1. The summed E-state index contributed by atoms with van der Waals surface area (Å²) in [5.74, 6) is -1.22. The van der Waals surface area contributed by atoms with E-state index >= 15 is 0 Å². The smallest absolute Gasteiger partial charge is 0.319 e. The lowest BCUT2D eigenvalue weighted by molar-refractivity contribution is -0.154. The van der Waals surface area contributed by atoms with Gasteiger partial charge in [0.2, 0.25) is 5.91 Å². The fourth-order valence-corrected chi connectivity index (χ4v) is 2.68. The Morgan fingerprint density at radius 1 is 1.50 bits per heavy atom. The number of nitrogens with zero attached hydrogens (tertiary/aromatic N) is 1. The highest BCUT2D eigenvalue weighted by atomic mass is 32.1. The number of hydrogen-bond donors (Lipinski definition) is 1. The Kier molecular flexibility index (Phi) is 3.43. The van der Waals surface area contributed by atoms with Crippen molar-refractivity contribution in [2.75, 3.05) is 0 Å². The maximum atomic E-state index is 12.4. The van der Waals surface area contributed by atoms with Crippen LogP contribution < -0.4 is 0 Å². The zero-order valence-corrected chi connectivity index (χ0v) is 11.4. The molecule has 0 aliphatic heterocycles. The molecular weight excluding hydrogens is 250 g/mol. The van der Waals surface area contributed by atoms with Crippen LogP contribution in [0.4, 0.5) is 0 Å². The van der Waals surface area contributed by atoms with Gasteiger partial charge in [-0.15, -0.1) is 11.3 Å². The molecule has 0 aromatic carbocycles. The van der Waals surface area contributed by atoms with Crippen molar-refractivity contribution in [3.05, 3.63) is 22.4 Å². The predicted molar refractivity (Wildman–Crippen MR) is 69.3 cm³/mol. The van der Waals surface area contributed by atoms with E-state index in [0.717, 1.165) is 4.88 Å². The van der Waals surface area contributed by atoms with Crippen molar-refractivity contribution >= 4 is 23.2 Å². The van der Waals surface area contributed by atoms with Gasteiger partial charge in [-0.05, 0) is 38.1 Å². The van der Waals surface area contributed by atoms with Crippen LogP contribution in [0.2, 0.25) is 0 Å². The van der Waals surface area contributed by atoms with Crippen molar-refractivity contribution < 1.29 is 14.7 Å². The van der Waals surface area contributed by atoms with Gasteiger partial charge in [-0.2, -0.15) is 0 Å². The van der Waals surface area contributed by atoms with Crippen LogP contribution in [0.15, 0.2) is 17.5 Å². The third kappa shape index (κ3) is 2.27. The van der Waals surface area contributed by atoms with E-state index in [4.69, 9.17) is 0 Å². The number of carbonyl (C=O) groups excluding carboxylic acids is 1. The minimum atomic E-state index is -1.14. The van der Waals surface area contributed by atoms with Crippen LogP contribution in [0.5, 0.6) is 0 Å². The SMILES string of the molecule is CC(C)N(Cc1cccs1)C(=O)C1(C(=O)O)CC1. The summed E-state index contributed by atoms with van der Waals surface area (Å²) in [5, 5.41) is 11.1. The molecule has 1 heterocycles. The molecule has 1 saturated carbocycles. The molecule has 2 rings (SSSR count). The summed E-state index contributed by atoms with van der Waals surface area (Å²) in [6.07, 6.45) is 0.934. The van der Waals surface area contributed by atoms with Crippen molar-refractivity contribution in [2.45, 2.75) is 39.3 Å². The van der Waals surface area contributed by atoms with Crippen molar-refractivity contribution in [2.24, 2.45) is 5.41 Å². The molecule has 1 aliphatic rings. The quantitative estimate of drug-likeness (QED) is 0.833. The van der Waals surface area contributed by atoms with E-state index in [1.54, 1.807) is 16.2 Å². The minimum absolute atomic E-state index is 0.0106. The van der Waals surface area contributed by atoms with E-state index in [2.05, 4.69) is 0 Å². The number of carboxylic acids is 1. The first-order valence-electron chi connectivity index (χ1n) is 6.04. The van der Waals surface area contributed by atoms with Gasteiger partial charge >= 0.3 is 5.97 Å². The summed E-state index contributed by atoms with van der Waals surface area (Å²) in [6.45, 7) is 4.34. The lowest BCUT2D eigenvalue weighted by atomic mass is 10.0. The number of thiophene rings is 1. The van der Waals surface area contributed by atoms with E-state index in [-0.39, 0.29) is 11.9 Å². The van der Waals surface area contributed by atoms with Gasteiger partial charge in [0.05, 0.1) is 6.54 Å². The molecule has 0 radical (unpaired) electrons. The van der Waals surface area contributed by atoms with Crippen LogP contribution in [-0.2, 0) is 16.1 Å². The van der Waals surface area contributed by atoms with E-state index in [0.29, 0.717) is 19.4 Å². The number of rotatable bonds is 5. The van der Waals surface area contributed by atoms with E-state index < -0.39 is 11.4 Å². The second-order valence-electron chi connectivity index (χ2n) is 4.99. The monoisotopic (exact) mass is 267 g/mol. The van der Waals surface area contributed by atoms with Gasteiger partial charge in [0.25, 0.3) is 0 Å². The lowest BCUT2D eigenvalue weighted by Gasteiger charge is -2.29. The molecule has 1 aromatic rings.